The molecule has 1 fully saturated rings. The van der Waals surface area contributed by atoms with Gasteiger partial charge in [-0.25, -0.2) is 8.42 Å². The number of amides is 2. The number of hydrogen-bond donors (Lipinski definition) is 1. The van der Waals surface area contributed by atoms with Gasteiger partial charge in [-0.05, 0) is 55.5 Å². The Bertz CT molecular complexity index is 1090. The van der Waals surface area contributed by atoms with Gasteiger partial charge in [0.25, 0.3) is 0 Å². The number of carbonyl (C=O) groups excluding carboxylic acids is 2. The van der Waals surface area contributed by atoms with E-state index in [2.05, 4.69) is 21.2 Å². The number of carbonyl (C=O) groups is 2. The summed E-state index contributed by atoms with van der Waals surface area (Å²) in [5, 5.41) is 3.11. The van der Waals surface area contributed by atoms with Gasteiger partial charge in [0, 0.05) is 17.1 Å². The first-order valence-corrected chi connectivity index (χ1v) is 14.7. The molecule has 0 bridgehead atoms. The summed E-state index contributed by atoms with van der Waals surface area (Å²) in [6.45, 7) is 1.82. The van der Waals surface area contributed by atoms with Crippen LogP contribution in [0.3, 0.4) is 0 Å². The molecule has 2 aromatic rings. The van der Waals surface area contributed by atoms with E-state index in [0.29, 0.717) is 25.1 Å². The van der Waals surface area contributed by atoms with Crippen molar-refractivity contribution in [3.8, 4) is 0 Å². The molecule has 190 valence electrons. The highest BCUT2D eigenvalue weighted by atomic mass is 79.9. The summed E-state index contributed by atoms with van der Waals surface area (Å²) in [5.41, 5.74) is 1.44. The summed E-state index contributed by atoms with van der Waals surface area (Å²) >= 11 is 3.35. The van der Waals surface area contributed by atoms with Crippen molar-refractivity contribution in [1.29, 1.82) is 0 Å². The second-order valence-electron chi connectivity index (χ2n) is 8.98. The van der Waals surface area contributed by atoms with Gasteiger partial charge in [0.2, 0.25) is 21.8 Å². The molecule has 1 unspecified atom stereocenters. The minimum Gasteiger partial charge on any atom is -0.352 e. The number of hydrogen-bond acceptors (Lipinski definition) is 4. The molecule has 0 aromatic heterocycles. The molecule has 0 radical (unpaired) electrons. The zero-order valence-electron chi connectivity index (χ0n) is 20.3. The number of halogens is 1. The Kier molecular flexibility index (Phi) is 9.74. The van der Waals surface area contributed by atoms with E-state index < -0.39 is 22.0 Å². The van der Waals surface area contributed by atoms with Gasteiger partial charge in [0.05, 0.1) is 11.9 Å². The average molecular weight is 565 g/mol. The number of benzene rings is 2. The molecular formula is C26H34BrN3O4S. The molecule has 0 spiro atoms. The van der Waals surface area contributed by atoms with Gasteiger partial charge in [-0.15, -0.1) is 0 Å². The fourth-order valence-corrected chi connectivity index (χ4v) is 5.60. The Balaban J connectivity index is 1.85. The maximum atomic E-state index is 13.6. The van der Waals surface area contributed by atoms with E-state index >= 15 is 0 Å². The highest BCUT2D eigenvalue weighted by Gasteiger charge is 2.32. The monoisotopic (exact) mass is 563 g/mol. The van der Waals surface area contributed by atoms with E-state index in [9.17, 15) is 18.0 Å². The fourth-order valence-electron chi connectivity index (χ4n) is 4.48. The normalized spacial score (nSPS) is 14.9. The van der Waals surface area contributed by atoms with E-state index in [1.165, 1.54) is 0 Å². The van der Waals surface area contributed by atoms with Crippen LogP contribution in [-0.2, 0) is 26.0 Å². The lowest BCUT2D eigenvalue weighted by Crippen LogP contribution is -2.54. The predicted molar refractivity (Wildman–Crippen MR) is 143 cm³/mol. The van der Waals surface area contributed by atoms with E-state index in [-0.39, 0.29) is 18.5 Å². The van der Waals surface area contributed by atoms with Crippen LogP contribution in [0.25, 0.3) is 0 Å². The van der Waals surface area contributed by atoms with Crippen LogP contribution in [-0.4, -0.2) is 56.6 Å². The molecule has 2 aromatic carbocycles. The molecule has 7 nitrogen and oxygen atoms in total. The third kappa shape index (κ3) is 7.80. The van der Waals surface area contributed by atoms with Crippen LogP contribution in [0.1, 0.15) is 44.6 Å². The molecular weight excluding hydrogens is 530 g/mol. The Hall–Kier alpha value is -2.39. The van der Waals surface area contributed by atoms with Crippen molar-refractivity contribution in [2.24, 2.45) is 0 Å². The maximum absolute atomic E-state index is 13.6. The highest BCUT2D eigenvalue weighted by Crippen LogP contribution is 2.22. The van der Waals surface area contributed by atoms with Gasteiger partial charge in [0.1, 0.15) is 12.6 Å². The lowest BCUT2D eigenvalue weighted by atomic mass is 10.1. The number of anilines is 1. The molecule has 0 heterocycles. The molecule has 9 heteroatoms. The van der Waals surface area contributed by atoms with Crippen LogP contribution in [0, 0.1) is 0 Å². The third-order valence-corrected chi connectivity index (χ3v) is 8.03. The zero-order valence-corrected chi connectivity index (χ0v) is 22.7. The first kappa shape index (κ1) is 27.2. The average Bonchev–Trinajstić information content (AvgIpc) is 3.33. The molecule has 1 N–H and O–H groups in total. The second kappa shape index (κ2) is 12.5. The third-order valence-electron chi connectivity index (χ3n) is 6.37. The number of rotatable bonds is 11. The molecule has 1 aliphatic carbocycles. The minimum atomic E-state index is -3.73. The molecule has 0 saturated heterocycles. The first-order valence-electron chi connectivity index (χ1n) is 12.1. The highest BCUT2D eigenvalue weighted by molar-refractivity contribution is 9.10. The van der Waals surface area contributed by atoms with Crippen molar-refractivity contribution in [2.75, 3.05) is 23.7 Å². The van der Waals surface area contributed by atoms with Crippen LogP contribution >= 0.6 is 15.9 Å². The fraction of sp³-hybridized carbons (Fsp3) is 0.462. The van der Waals surface area contributed by atoms with Crippen LogP contribution in [0.5, 0.6) is 0 Å². The van der Waals surface area contributed by atoms with Gasteiger partial charge in [0.15, 0.2) is 0 Å². The van der Waals surface area contributed by atoms with Gasteiger partial charge in [-0.3, -0.25) is 13.9 Å². The van der Waals surface area contributed by atoms with Crippen molar-refractivity contribution in [3.05, 3.63) is 64.6 Å². The molecule has 35 heavy (non-hydrogen) atoms. The second-order valence-corrected chi connectivity index (χ2v) is 11.8. The SMILES string of the molecule is CCC(C(=O)NC1CCCC1)N(CCc1ccccc1)C(=O)CN(c1ccc(Br)cc1)S(C)(=O)=O. The van der Waals surface area contributed by atoms with Gasteiger partial charge >= 0.3 is 0 Å². The summed E-state index contributed by atoms with van der Waals surface area (Å²) in [7, 11) is -3.73. The summed E-state index contributed by atoms with van der Waals surface area (Å²) in [4.78, 5) is 28.4. The van der Waals surface area contributed by atoms with Crippen LogP contribution < -0.4 is 9.62 Å². The van der Waals surface area contributed by atoms with E-state index in [1.54, 1.807) is 29.2 Å². The van der Waals surface area contributed by atoms with Gasteiger partial charge in [-0.1, -0.05) is 66.0 Å². The van der Waals surface area contributed by atoms with Crippen molar-refractivity contribution in [3.63, 3.8) is 0 Å². The molecule has 1 aliphatic rings. The number of nitrogens with one attached hydrogen (secondary N) is 1. The molecule has 1 atom stereocenters. The molecule has 2 amide bonds. The van der Waals surface area contributed by atoms with Crippen LogP contribution in [0.2, 0.25) is 0 Å². The summed E-state index contributed by atoms with van der Waals surface area (Å²) in [6, 6.07) is 16.0. The van der Waals surface area contributed by atoms with Crippen molar-refractivity contribution in [1.82, 2.24) is 10.2 Å². The Morgan fingerprint density at radius 3 is 2.26 bits per heavy atom. The lowest BCUT2D eigenvalue weighted by molar-refractivity contribution is -0.139. The standard InChI is InChI=1S/C26H34BrN3O4S/c1-3-24(26(32)28-22-11-7-8-12-22)29(18-17-20-9-5-4-6-10-20)25(31)19-30(35(2,33)34)23-15-13-21(27)14-16-23/h4-6,9-10,13-16,22,24H,3,7-8,11-12,17-19H2,1-2H3,(H,28,32). The van der Waals surface area contributed by atoms with Crippen molar-refractivity contribution in [2.45, 2.75) is 57.5 Å². The molecule has 1 saturated carbocycles. The zero-order chi connectivity index (χ0) is 25.4. The smallest absolute Gasteiger partial charge is 0.244 e. The van der Waals surface area contributed by atoms with Crippen molar-refractivity contribution >= 4 is 43.5 Å². The number of sulfonamides is 1. The Morgan fingerprint density at radius 2 is 1.69 bits per heavy atom. The number of nitrogens with zero attached hydrogens (tertiary/aromatic N) is 2. The molecule has 3 rings (SSSR count). The quantitative estimate of drug-likeness (QED) is 0.445. The minimum absolute atomic E-state index is 0.137. The van der Waals surface area contributed by atoms with Crippen LogP contribution in [0.15, 0.2) is 59.1 Å². The van der Waals surface area contributed by atoms with E-state index in [1.807, 2.05) is 37.3 Å². The summed E-state index contributed by atoms with van der Waals surface area (Å²) in [6.07, 6.45) is 6.18. The maximum Gasteiger partial charge on any atom is 0.244 e. The predicted octanol–water partition coefficient (Wildman–Crippen LogP) is 4.12. The summed E-state index contributed by atoms with van der Waals surface area (Å²) < 4.78 is 27.1. The van der Waals surface area contributed by atoms with Gasteiger partial charge < -0.3 is 10.2 Å². The van der Waals surface area contributed by atoms with Gasteiger partial charge in [-0.2, -0.15) is 0 Å². The lowest BCUT2D eigenvalue weighted by Gasteiger charge is -2.33. The topological polar surface area (TPSA) is 86.8 Å². The van der Waals surface area contributed by atoms with E-state index in [4.69, 9.17) is 0 Å². The van der Waals surface area contributed by atoms with E-state index in [0.717, 1.165) is 46.3 Å². The summed E-state index contributed by atoms with van der Waals surface area (Å²) in [5.74, 6) is -0.571. The largest absolute Gasteiger partial charge is 0.352 e. The Labute approximate surface area is 217 Å². The Morgan fingerprint density at radius 1 is 1.06 bits per heavy atom. The molecule has 0 aliphatic heterocycles. The first-order chi connectivity index (χ1) is 16.7. The van der Waals surface area contributed by atoms with Crippen LogP contribution in [0.4, 0.5) is 5.69 Å². The van der Waals surface area contributed by atoms with Crippen molar-refractivity contribution < 1.29 is 18.0 Å².